The molecular weight excluding hydrogens is 284 g/mol. The van der Waals surface area contributed by atoms with Crippen molar-refractivity contribution in [1.82, 2.24) is 5.32 Å². The topological polar surface area (TPSA) is 81.5 Å². The van der Waals surface area contributed by atoms with Gasteiger partial charge in [0.05, 0.1) is 11.5 Å². The number of ether oxygens (including phenoxy) is 1. The van der Waals surface area contributed by atoms with Crippen molar-refractivity contribution in [2.24, 2.45) is 0 Å². The van der Waals surface area contributed by atoms with E-state index in [0.29, 0.717) is 43.2 Å². The lowest BCUT2D eigenvalue weighted by Gasteiger charge is -2.08. The van der Waals surface area contributed by atoms with Crippen molar-refractivity contribution in [3.63, 3.8) is 0 Å². The van der Waals surface area contributed by atoms with Crippen molar-refractivity contribution in [3.8, 4) is 0 Å². The van der Waals surface area contributed by atoms with Crippen molar-refractivity contribution in [3.05, 3.63) is 39.4 Å². The lowest BCUT2D eigenvalue weighted by Crippen LogP contribution is -2.26. The molecule has 0 unspecified atom stereocenters. The number of amides is 1. The first-order valence-electron chi connectivity index (χ1n) is 6.24. The van der Waals surface area contributed by atoms with E-state index in [1.165, 1.54) is 12.1 Å². The van der Waals surface area contributed by atoms with Gasteiger partial charge in [0.15, 0.2) is 0 Å². The largest absolute Gasteiger partial charge is 0.380 e. The van der Waals surface area contributed by atoms with Crippen LogP contribution in [0.3, 0.4) is 0 Å². The molecule has 0 saturated heterocycles. The summed E-state index contributed by atoms with van der Waals surface area (Å²) in [5.41, 5.74) is 0.636. The number of carbonyl (C=O) groups excluding carboxylic acids is 1. The molecule has 1 amide bonds. The maximum atomic E-state index is 11.9. The third kappa shape index (κ3) is 4.79. The minimum atomic E-state index is -0.494. The van der Waals surface area contributed by atoms with Crippen LogP contribution in [0.4, 0.5) is 5.69 Å². The Bertz CT molecular complexity index is 479. The molecule has 1 N–H and O–H groups in total. The van der Waals surface area contributed by atoms with E-state index < -0.39 is 4.92 Å². The molecule has 0 radical (unpaired) electrons. The normalized spacial score (nSPS) is 10.3. The number of nitro benzene ring substituents is 1. The second-order valence-corrected chi connectivity index (χ2v) is 4.50. The number of nitrogens with zero attached hydrogens (tertiary/aromatic N) is 1. The van der Waals surface area contributed by atoms with Gasteiger partial charge in [0, 0.05) is 36.2 Å². The molecule has 1 rings (SSSR count). The van der Waals surface area contributed by atoms with Gasteiger partial charge in [-0.1, -0.05) is 6.07 Å². The van der Waals surface area contributed by atoms with Crippen LogP contribution >= 0.6 is 11.6 Å². The van der Waals surface area contributed by atoms with Gasteiger partial charge in [0.1, 0.15) is 0 Å². The van der Waals surface area contributed by atoms with Crippen LogP contribution in [0.5, 0.6) is 0 Å². The average Bonchev–Trinajstić information content (AvgIpc) is 2.42. The Morgan fingerprint density at radius 3 is 2.85 bits per heavy atom. The number of alkyl halides is 1. The standard InChI is InChI=1S/C13H17ClN2O4/c1-10-11(4-2-5-12(10)16(18)19)13(17)15-7-3-8-20-9-6-14/h2,4-5H,3,6-9H2,1H3,(H,15,17). The van der Waals surface area contributed by atoms with E-state index >= 15 is 0 Å². The van der Waals surface area contributed by atoms with E-state index in [2.05, 4.69) is 5.32 Å². The number of nitro groups is 1. The molecule has 0 atom stereocenters. The molecule has 1 aromatic carbocycles. The highest BCUT2D eigenvalue weighted by Crippen LogP contribution is 2.20. The Morgan fingerprint density at radius 2 is 2.20 bits per heavy atom. The van der Waals surface area contributed by atoms with Crippen molar-refractivity contribution in [1.29, 1.82) is 0 Å². The molecule has 0 saturated carbocycles. The van der Waals surface area contributed by atoms with Gasteiger partial charge in [-0.3, -0.25) is 14.9 Å². The van der Waals surface area contributed by atoms with Crippen LogP contribution in [0.25, 0.3) is 0 Å². The predicted molar refractivity (Wildman–Crippen MR) is 76.3 cm³/mol. The Labute approximate surface area is 122 Å². The highest BCUT2D eigenvalue weighted by atomic mass is 35.5. The third-order valence-electron chi connectivity index (χ3n) is 2.72. The molecule has 0 aliphatic heterocycles. The Balaban J connectivity index is 2.52. The van der Waals surface area contributed by atoms with Crippen molar-refractivity contribution in [2.45, 2.75) is 13.3 Å². The molecule has 1 aromatic rings. The van der Waals surface area contributed by atoms with E-state index in [0.717, 1.165) is 0 Å². The molecule has 6 nitrogen and oxygen atoms in total. The highest BCUT2D eigenvalue weighted by Gasteiger charge is 2.17. The Morgan fingerprint density at radius 1 is 1.45 bits per heavy atom. The lowest BCUT2D eigenvalue weighted by atomic mass is 10.1. The number of carbonyl (C=O) groups is 1. The summed E-state index contributed by atoms with van der Waals surface area (Å²) in [7, 11) is 0. The van der Waals surface area contributed by atoms with Gasteiger partial charge in [-0.2, -0.15) is 0 Å². The lowest BCUT2D eigenvalue weighted by molar-refractivity contribution is -0.385. The van der Waals surface area contributed by atoms with Crippen LogP contribution in [0, 0.1) is 17.0 Å². The number of nitrogens with one attached hydrogen (secondary N) is 1. The van der Waals surface area contributed by atoms with Crippen LogP contribution in [-0.4, -0.2) is 36.5 Å². The second-order valence-electron chi connectivity index (χ2n) is 4.12. The van der Waals surface area contributed by atoms with E-state index in [1.54, 1.807) is 13.0 Å². The summed E-state index contributed by atoms with van der Waals surface area (Å²) in [6.07, 6.45) is 0.663. The van der Waals surface area contributed by atoms with E-state index in [9.17, 15) is 14.9 Å². The zero-order chi connectivity index (χ0) is 15.0. The monoisotopic (exact) mass is 300 g/mol. The first-order valence-corrected chi connectivity index (χ1v) is 6.77. The molecular formula is C13H17ClN2O4. The van der Waals surface area contributed by atoms with Gasteiger partial charge >= 0.3 is 0 Å². The van der Waals surface area contributed by atoms with Crippen molar-refractivity contribution >= 4 is 23.2 Å². The third-order valence-corrected chi connectivity index (χ3v) is 2.87. The summed E-state index contributed by atoms with van der Waals surface area (Å²) >= 11 is 5.45. The van der Waals surface area contributed by atoms with Crippen molar-refractivity contribution < 1.29 is 14.5 Å². The molecule has 0 spiro atoms. The van der Waals surface area contributed by atoms with Crippen LogP contribution in [-0.2, 0) is 4.74 Å². The average molecular weight is 301 g/mol. The maximum absolute atomic E-state index is 11.9. The number of halogens is 1. The summed E-state index contributed by atoms with van der Waals surface area (Å²) in [5, 5.41) is 13.5. The van der Waals surface area contributed by atoms with Crippen LogP contribution in [0.2, 0.25) is 0 Å². The molecule has 0 heterocycles. The molecule has 110 valence electrons. The van der Waals surface area contributed by atoms with Crippen LogP contribution in [0.1, 0.15) is 22.3 Å². The number of benzene rings is 1. The predicted octanol–water partition coefficient (Wildman–Crippen LogP) is 2.28. The first kappa shape index (κ1) is 16.4. The summed E-state index contributed by atoms with van der Waals surface area (Å²) in [4.78, 5) is 22.2. The summed E-state index contributed by atoms with van der Waals surface area (Å²) < 4.78 is 5.17. The minimum absolute atomic E-state index is 0.0527. The highest BCUT2D eigenvalue weighted by molar-refractivity contribution is 6.17. The maximum Gasteiger partial charge on any atom is 0.273 e. The van der Waals surface area contributed by atoms with Gasteiger partial charge in [0.25, 0.3) is 11.6 Å². The molecule has 0 fully saturated rings. The van der Waals surface area contributed by atoms with Crippen LogP contribution < -0.4 is 5.32 Å². The van der Waals surface area contributed by atoms with E-state index in [-0.39, 0.29) is 11.6 Å². The van der Waals surface area contributed by atoms with Gasteiger partial charge in [-0.25, -0.2) is 0 Å². The summed E-state index contributed by atoms with van der Waals surface area (Å²) in [6, 6.07) is 4.46. The van der Waals surface area contributed by atoms with E-state index in [1.807, 2.05) is 0 Å². The fraction of sp³-hybridized carbons (Fsp3) is 0.462. The fourth-order valence-electron chi connectivity index (χ4n) is 1.70. The number of hydrogen-bond donors (Lipinski definition) is 1. The second kappa shape index (κ2) is 8.50. The SMILES string of the molecule is Cc1c(C(=O)NCCCOCCCl)cccc1[N+](=O)[O-]. The number of rotatable bonds is 8. The Hall–Kier alpha value is -1.66. The van der Waals surface area contributed by atoms with Gasteiger partial charge < -0.3 is 10.1 Å². The quantitative estimate of drug-likeness (QED) is 0.345. The smallest absolute Gasteiger partial charge is 0.273 e. The molecule has 0 aliphatic rings. The summed E-state index contributed by atoms with van der Waals surface area (Å²) in [6.45, 7) is 3.01. The molecule has 0 aliphatic carbocycles. The molecule has 20 heavy (non-hydrogen) atoms. The fourth-order valence-corrected chi connectivity index (χ4v) is 1.80. The zero-order valence-corrected chi connectivity index (χ0v) is 12.0. The molecule has 0 aromatic heterocycles. The zero-order valence-electron chi connectivity index (χ0n) is 11.2. The molecule has 7 heteroatoms. The van der Waals surface area contributed by atoms with E-state index in [4.69, 9.17) is 16.3 Å². The van der Waals surface area contributed by atoms with Gasteiger partial charge in [-0.05, 0) is 19.4 Å². The first-order chi connectivity index (χ1) is 9.57. The minimum Gasteiger partial charge on any atom is -0.380 e. The van der Waals surface area contributed by atoms with Gasteiger partial charge in [-0.15, -0.1) is 11.6 Å². The van der Waals surface area contributed by atoms with Gasteiger partial charge in [0.2, 0.25) is 0 Å². The van der Waals surface area contributed by atoms with Crippen LogP contribution in [0.15, 0.2) is 18.2 Å². The Kier molecular flexibility index (Phi) is 6.97. The summed E-state index contributed by atoms with van der Waals surface area (Å²) in [5.74, 6) is 0.128. The van der Waals surface area contributed by atoms with Crippen molar-refractivity contribution in [2.75, 3.05) is 25.6 Å². The number of hydrogen-bond acceptors (Lipinski definition) is 4. The molecule has 0 bridgehead atoms.